The molecule has 3 aliphatic rings. The van der Waals surface area contributed by atoms with Gasteiger partial charge in [0, 0.05) is 6.54 Å². The molecule has 34 heavy (non-hydrogen) atoms. The van der Waals surface area contributed by atoms with Gasteiger partial charge >= 0.3 is 0 Å². The second kappa shape index (κ2) is 12.8. The van der Waals surface area contributed by atoms with Crippen molar-refractivity contribution in [2.24, 2.45) is 28.6 Å². The molecule has 2 nitrogen and oxygen atoms in total. The third-order valence-corrected chi connectivity index (χ3v) is 9.91. The van der Waals surface area contributed by atoms with E-state index in [9.17, 15) is 4.79 Å². The fourth-order valence-corrected chi connectivity index (χ4v) is 7.63. The van der Waals surface area contributed by atoms with Crippen LogP contribution in [0.2, 0.25) is 0 Å². The summed E-state index contributed by atoms with van der Waals surface area (Å²) in [7, 11) is 0. The molecule has 4 atom stereocenters. The number of nitrogens with one attached hydrogen (secondary N) is 1. The lowest BCUT2D eigenvalue weighted by atomic mass is 9.46. The van der Waals surface area contributed by atoms with Gasteiger partial charge in [0.2, 0.25) is 5.91 Å². The van der Waals surface area contributed by atoms with Gasteiger partial charge in [0.15, 0.2) is 0 Å². The largest absolute Gasteiger partial charge is 0.356 e. The van der Waals surface area contributed by atoms with Crippen LogP contribution in [-0.4, -0.2) is 12.5 Å². The maximum atomic E-state index is 13.5. The summed E-state index contributed by atoms with van der Waals surface area (Å²) in [5.74, 6) is 2.11. The predicted molar refractivity (Wildman–Crippen MR) is 147 cm³/mol. The number of unbranched alkanes of at least 4 members (excludes halogenated alkanes) is 9. The van der Waals surface area contributed by atoms with E-state index in [1.165, 1.54) is 83.5 Å². The Morgan fingerprint density at radius 2 is 1.65 bits per heavy atom. The van der Waals surface area contributed by atoms with Gasteiger partial charge in [-0.05, 0) is 67.3 Å². The second-order valence-corrected chi connectivity index (χ2v) is 12.7. The molecule has 0 heterocycles. The lowest BCUT2D eigenvalue weighted by molar-refractivity contribution is -0.144. The van der Waals surface area contributed by atoms with Crippen molar-refractivity contribution in [1.82, 2.24) is 5.32 Å². The van der Waals surface area contributed by atoms with Crippen molar-refractivity contribution >= 4 is 5.91 Å². The number of hydrogen-bond acceptors (Lipinski definition) is 1. The Bertz CT molecular complexity index is 719. The molecular formula is C32H55NO. The molecule has 3 aliphatic carbocycles. The van der Waals surface area contributed by atoms with E-state index in [0.717, 1.165) is 25.8 Å². The summed E-state index contributed by atoms with van der Waals surface area (Å²) >= 11 is 0. The molecule has 2 heteroatoms. The first kappa shape index (κ1) is 27.5. The topological polar surface area (TPSA) is 29.1 Å². The monoisotopic (exact) mass is 469 g/mol. The van der Waals surface area contributed by atoms with E-state index in [-0.39, 0.29) is 10.8 Å². The quantitative estimate of drug-likeness (QED) is 0.268. The van der Waals surface area contributed by atoms with Gasteiger partial charge in [-0.2, -0.15) is 0 Å². The highest BCUT2D eigenvalue weighted by molar-refractivity contribution is 5.83. The number of allylic oxidation sites excluding steroid dienone is 4. The normalized spacial score (nSPS) is 30.9. The minimum absolute atomic E-state index is 0.213. The van der Waals surface area contributed by atoms with Crippen LogP contribution in [0.25, 0.3) is 0 Å². The third kappa shape index (κ3) is 6.38. The van der Waals surface area contributed by atoms with Crippen LogP contribution in [0, 0.1) is 28.6 Å². The zero-order valence-corrected chi connectivity index (χ0v) is 23.3. The molecule has 0 aromatic heterocycles. The summed E-state index contributed by atoms with van der Waals surface area (Å²) in [6, 6.07) is 0. The summed E-state index contributed by atoms with van der Waals surface area (Å²) in [6.07, 6.45) is 25.6. The molecule has 0 bridgehead atoms. The maximum Gasteiger partial charge on any atom is 0.226 e. The van der Waals surface area contributed by atoms with Crippen LogP contribution in [0.15, 0.2) is 23.3 Å². The van der Waals surface area contributed by atoms with Crippen molar-refractivity contribution in [2.75, 3.05) is 6.54 Å². The first-order valence-corrected chi connectivity index (χ1v) is 15.0. The molecule has 1 amide bonds. The Kier molecular flexibility index (Phi) is 10.3. The molecule has 0 aromatic rings. The number of amides is 1. The van der Waals surface area contributed by atoms with Crippen LogP contribution in [0.4, 0.5) is 0 Å². The van der Waals surface area contributed by atoms with Crippen molar-refractivity contribution in [3.8, 4) is 0 Å². The van der Waals surface area contributed by atoms with Crippen molar-refractivity contribution in [1.29, 1.82) is 0 Å². The lowest BCUT2D eigenvalue weighted by Gasteiger charge is -2.57. The average Bonchev–Trinajstić information content (AvgIpc) is 2.82. The number of hydrogen-bond donors (Lipinski definition) is 1. The minimum atomic E-state index is -0.213. The molecular weight excluding hydrogens is 414 g/mol. The van der Waals surface area contributed by atoms with Crippen LogP contribution >= 0.6 is 0 Å². The van der Waals surface area contributed by atoms with E-state index in [2.05, 4.69) is 52.1 Å². The molecule has 3 rings (SSSR count). The van der Waals surface area contributed by atoms with E-state index >= 15 is 0 Å². The van der Waals surface area contributed by atoms with Crippen LogP contribution in [0.5, 0.6) is 0 Å². The van der Waals surface area contributed by atoms with Crippen LogP contribution in [0.3, 0.4) is 0 Å². The maximum absolute atomic E-state index is 13.5. The highest BCUT2D eigenvalue weighted by Crippen LogP contribution is 2.62. The summed E-state index contributed by atoms with van der Waals surface area (Å²) in [4.78, 5) is 13.5. The van der Waals surface area contributed by atoms with E-state index in [4.69, 9.17) is 0 Å². The van der Waals surface area contributed by atoms with Gasteiger partial charge in [-0.15, -0.1) is 0 Å². The molecule has 1 N–H and O–H groups in total. The van der Waals surface area contributed by atoms with E-state index in [0.29, 0.717) is 23.7 Å². The van der Waals surface area contributed by atoms with E-state index in [1.54, 1.807) is 11.1 Å². The molecule has 0 aliphatic heterocycles. The molecule has 0 aromatic carbocycles. The average molecular weight is 470 g/mol. The third-order valence-electron chi connectivity index (χ3n) is 9.91. The SMILES string of the molecule is CCCCCCCCCCCCNC(=O)[C@@]1(C)CCC[C@@]2(C)C1CC=C1C=C(C(C)C)CC[C@H]12. The fraction of sp³-hybridized carbons (Fsp3) is 0.844. The van der Waals surface area contributed by atoms with Gasteiger partial charge in [0.25, 0.3) is 0 Å². The molecule has 0 radical (unpaired) electrons. The number of fused-ring (bicyclic) bond motifs is 3. The smallest absolute Gasteiger partial charge is 0.226 e. The van der Waals surface area contributed by atoms with Gasteiger partial charge in [-0.25, -0.2) is 0 Å². The summed E-state index contributed by atoms with van der Waals surface area (Å²) < 4.78 is 0. The zero-order valence-electron chi connectivity index (χ0n) is 23.3. The van der Waals surface area contributed by atoms with Gasteiger partial charge < -0.3 is 5.32 Å². The molecule has 1 unspecified atom stereocenters. The Balaban J connectivity index is 1.47. The van der Waals surface area contributed by atoms with Crippen molar-refractivity contribution < 1.29 is 4.79 Å². The molecule has 1 fully saturated rings. The second-order valence-electron chi connectivity index (χ2n) is 12.7. The minimum Gasteiger partial charge on any atom is -0.356 e. The zero-order chi connectivity index (χ0) is 24.6. The summed E-state index contributed by atoms with van der Waals surface area (Å²) in [5, 5.41) is 3.39. The van der Waals surface area contributed by atoms with Gasteiger partial charge in [0.05, 0.1) is 5.41 Å². The standard InChI is InChI=1S/C32H55NO/c1-6-7-8-9-10-11-12-13-14-15-23-33-30(34)32(5)22-16-21-31(4)28-19-17-26(25(2)3)24-27(28)18-20-29(31)32/h18,24-25,28-29H,6-17,19-23H2,1-5H3,(H,33,34)/t28-,29?,31-,32+/m1/s1. The predicted octanol–water partition coefficient (Wildman–Crippen LogP) is 9.16. The highest BCUT2D eigenvalue weighted by Gasteiger charge is 2.56. The fourth-order valence-electron chi connectivity index (χ4n) is 7.63. The Hall–Kier alpha value is -1.05. The Morgan fingerprint density at radius 3 is 2.29 bits per heavy atom. The van der Waals surface area contributed by atoms with Crippen LogP contribution in [-0.2, 0) is 4.79 Å². The van der Waals surface area contributed by atoms with E-state index < -0.39 is 0 Å². The van der Waals surface area contributed by atoms with Gasteiger partial charge in [0.1, 0.15) is 0 Å². The molecule has 0 saturated heterocycles. The van der Waals surface area contributed by atoms with Crippen molar-refractivity contribution in [3.05, 3.63) is 23.3 Å². The first-order valence-electron chi connectivity index (χ1n) is 15.0. The number of rotatable bonds is 13. The van der Waals surface area contributed by atoms with Gasteiger partial charge in [-0.3, -0.25) is 4.79 Å². The number of carbonyl (C=O) groups excluding carboxylic acids is 1. The van der Waals surface area contributed by atoms with Crippen LogP contribution in [0.1, 0.15) is 137 Å². The highest BCUT2D eigenvalue weighted by atomic mass is 16.2. The van der Waals surface area contributed by atoms with E-state index in [1.807, 2.05) is 0 Å². The summed E-state index contributed by atoms with van der Waals surface area (Å²) in [6.45, 7) is 12.6. The van der Waals surface area contributed by atoms with Crippen molar-refractivity contribution in [2.45, 2.75) is 137 Å². The molecule has 0 spiro atoms. The van der Waals surface area contributed by atoms with Crippen LogP contribution < -0.4 is 5.32 Å². The summed E-state index contributed by atoms with van der Waals surface area (Å²) in [5.41, 5.74) is 3.27. The molecule has 1 saturated carbocycles. The number of carbonyl (C=O) groups is 1. The van der Waals surface area contributed by atoms with Gasteiger partial charge in [-0.1, -0.05) is 117 Å². The Labute approximate surface area is 211 Å². The van der Waals surface area contributed by atoms with Crippen molar-refractivity contribution in [3.63, 3.8) is 0 Å². The molecule has 194 valence electrons. The lowest BCUT2D eigenvalue weighted by Crippen LogP contribution is -2.55. The Morgan fingerprint density at radius 1 is 1.00 bits per heavy atom. The first-order chi connectivity index (χ1) is 16.3.